The highest BCUT2D eigenvalue weighted by atomic mass is 16.5. The van der Waals surface area contributed by atoms with Crippen LogP contribution in [0.25, 0.3) is 10.8 Å². The number of amides is 1. The lowest BCUT2D eigenvalue weighted by Gasteiger charge is -2.17. The van der Waals surface area contributed by atoms with Gasteiger partial charge in [0.25, 0.3) is 5.91 Å². The number of aliphatic carboxylic acids is 1. The number of fused-ring (bicyclic) bond motifs is 1. The fourth-order valence-corrected chi connectivity index (χ4v) is 3.01. The molecule has 0 fully saturated rings. The molecule has 30 heavy (non-hydrogen) atoms. The standard InChI is InChI=1S/C23H23NO6/c1-28-18-9-8-16-12-21(29-2)19(11-17(16)10-18)22(25)24-20(23(26)27)14-30-13-15-6-4-3-5-7-15/h3-12,20H,13-14H2,1-2H3,(H,24,25)(H,26,27)/t20-/m0/s1. The molecule has 7 heteroatoms. The minimum atomic E-state index is -1.20. The first-order valence-electron chi connectivity index (χ1n) is 9.33. The number of rotatable bonds is 9. The number of nitrogens with one attached hydrogen (secondary N) is 1. The Kier molecular flexibility index (Phi) is 6.87. The Morgan fingerprint density at radius 1 is 0.967 bits per heavy atom. The second-order valence-electron chi connectivity index (χ2n) is 6.63. The summed E-state index contributed by atoms with van der Waals surface area (Å²) in [5.41, 5.74) is 1.14. The number of carboxylic acid groups (broad SMARTS) is 1. The lowest BCUT2D eigenvalue weighted by molar-refractivity contribution is -0.141. The van der Waals surface area contributed by atoms with Crippen LogP contribution in [0.15, 0.2) is 60.7 Å². The zero-order valence-corrected chi connectivity index (χ0v) is 16.8. The van der Waals surface area contributed by atoms with Crippen LogP contribution >= 0.6 is 0 Å². The molecule has 0 aliphatic heterocycles. The maximum absolute atomic E-state index is 12.8. The van der Waals surface area contributed by atoms with E-state index in [0.717, 1.165) is 16.3 Å². The minimum Gasteiger partial charge on any atom is -0.497 e. The van der Waals surface area contributed by atoms with E-state index in [9.17, 15) is 14.7 Å². The van der Waals surface area contributed by atoms with Gasteiger partial charge in [0.15, 0.2) is 6.04 Å². The van der Waals surface area contributed by atoms with E-state index in [-0.39, 0.29) is 18.8 Å². The summed E-state index contributed by atoms with van der Waals surface area (Å²) in [6.07, 6.45) is 0. The van der Waals surface area contributed by atoms with Crippen molar-refractivity contribution in [3.63, 3.8) is 0 Å². The normalized spacial score (nSPS) is 11.7. The van der Waals surface area contributed by atoms with E-state index in [1.807, 2.05) is 42.5 Å². The quantitative estimate of drug-likeness (QED) is 0.563. The SMILES string of the molecule is COc1ccc2cc(OC)c(C(=O)N[C@@H](COCc3ccccc3)C(=O)O)cc2c1. The molecule has 1 amide bonds. The molecule has 3 rings (SSSR count). The Morgan fingerprint density at radius 3 is 2.40 bits per heavy atom. The van der Waals surface area contributed by atoms with E-state index in [4.69, 9.17) is 14.2 Å². The summed E-state index contributed by atoms with van der Waals surface area (Å²) in [4.78, 5) is 24.4. The predicted molar refractivity (Wildman–Crippen MR) is 112 cm³/mol. The average Bonchev–Trinajstić information content (AvgIpc) is 2.77. The van der Waals surface area contributed by atoms with Gasteiger partial charge in [-0.25, -0.2) is 4.79 Å². The molecule has 0 saturated carbocycles. The number of carbonyl (C=O) groups excluding carboxylic acids is 1. The summed E-state index contributed by atoms with van der Waals surface area (Å²) in [5.74, 6) is -0.749. The first-order valence-corrected chi connectivity index (χ1v) is 9.33. The fraction of sp³-hybridized carbons (Fsp3) is 0.217. The van der Waals surface area contributed by atoms with Gasteiger partial charge < -0.3 is 24.6 Å². The highest BCUT2D eigenvalue weighted by Crippen LogP contribution is 2.28. The molecule has 0 aromatic heterocycles. The first kappa shape index (κ1) is 21.1. The van der Waals surface area contributed by atoms with Crippen molar-refractivity contribution in [2.45, 2.75) is 12.6 Å². The minimum absolute atomic E-state index is 0.167. The molecule has 3 aromatic carbocycles. The zero-order chi connectivity index (χ0) is 21.5. The van der Waals surface area contributed by atoms with Gasteiger partial charge in [-0.2, -0.15) is 0 Å². The highest BCUT2D eigenvalue weighted by Gasteiger charge is 2.23. The van der Waals surface area contributed by atoms with E-state index in [0.29, 0.717) is 11.5 Å². The Balaban J connectivity index is 1.75. The first-order chi connectivity index (χ1) is 14.5. The van der Waals surface area contributed by atoms with Crippen LogP contribution in [-0.4, -0.2) is 43.9 Å². The van der Waals surface area contributed by atoms with Crippen molar-refractivity contribution >= 4 is 22.6 Å². The molecule has 0 aliphatic carbocycles. The van der Waals surface area contributed by atoms with Crippen LogP contribution in [0, 0.1) is 0 Å². The van der Waals surface area contributed by atoms with Gasteiger partial charge in [0.05, 0.1) is 33.0 Å². The van der Waals surface area contributed by atoms with Crippen molar-refractivity contribution in [2.24, 2.45) is 0 Å². The number of carbonyl (C=O) groups is 2. The van der Waals surface area contributed by atoms with E-state index < -0.39 is 17.9 Å². The number of ether oxygens (including phenoxy) is 3. The second kappa shape index (κ2) is 9.76. The molecular weight excluding hydrogens is 386 g/mol. The van der Waals surface area contributed by atoms with Gasteiger partial charge >= 0.3 is 5.97 Å². The van der Waals surface area contributed by atoms with Crippen LogP contribution in [0.4, 0.5) is 0 Å². The second-order valence-corrected chi connectivity index (χ2v) is 6.63. The molecule has 0 unspecified atom stereocenters. The summed E-state index contributed by atoms with van der Waals surface area (Å²) < 4.78 is 16.1. The van der Waals surface area contributed by atoms with Crippen LogP contribution in [0.3, 0.4) is 0 Å². The topological polar surface area (TPSA) is 94.1 Å². The third-order valence-corrected chi connectivity index (χ3v) is 4.61. The lowest BCUT2D eigenvalue weighted by Crippen LogP contribution is -2.44. The summed E-state index contributed by atoms with van der Waals surface area (Å²) in [6, 6.07) is 17.0. The monoisotopic (exact) mass is 409 g/mol. The average molecular weight is 409 g/mol. The molecule has 1 atom stereocenters. The van der Waals surface area contributed by atoms with Gasteiger partial charge in [-0.1, -0.05) is 36.4 Å². The van der Waals surface area contributed by atoms with Crippen LogP contribution in [0.1, 0.15) is 15.9 Å². The summed E-state index contributed by atoms with van der Waals surface area (Å²) in [6.45, 7) is 0.0826. The Morgan fingerprint density at radius 2 is 1.73 bits per heavy atom. The number of methoxy groups -OCH3 is 2. The van der Waals surface area contributed by atoms with Crippen LogP contribution < -0.4 is 14.8 Å². The van der Waals surface area contributed by atoms with Gasteiger partial charge in [0.2, 0.25) is 0 Å². The molecule has 156 valence electrons. The van der Waals surface area contributed by atoms with Crippen molar-refractivity contribution in [3.8, 4) is 11.5 Å². The Bertz CT molecular complexity index is 1030. The molecule has 0 bridgehead atoms. The molecule has 0 heterocycles. The molecular formula is C23H23NO6. The maximum Gasteiger partial charge on any atom is 0.328 e. The van der Waals surface area contributed by atoms with Gasteiger partial charge in [0, 0.05) is 0 Å². The highest BCUT2D eigenvalue weighted by molar-refractivity contribution is 6.03. The number of hydrogen-bond donors (Lipinski definition) is 2. The van der Waals surface area contributed by atoms with E-state index >= 15 is 0 Å². The van der Waals surface area contributed by atoms with Gasteiger partial charge in [-0.15, -0.1) is 0 Å². The molecule has 3 aromatic rings. The largest absolute Gasteiger partial charge is 0.497 e. The molecule has 7 nitrogen and oxygen atoms in total. The lowest BCUT2D eigenvalue weighted by atomic mass is 10.0. The van der Waals surface area contributed by atoms with Crippen LogP contribution in [0.5, 0.6) is 11.5 Å². The summed E-state index contributed by atoms with van der Waals surface area (Å²) in [7, 11) is 3.02. The molecule has 0 aliphatic rings. The van der Waals surface area contributed by atoms with Crippen molar-refractivity contribution in [2.75, 3.05) is 20.8 Å². The predicted octanol–water partition coefficient (Wildman–Crippen LogP) is 3.26. The van der Waals surface area contributed by atoms with Gasteiger partial charge in [-0.3, -0.25) is 4.79 Å². The van der Waals surface area contributed by atoms with Gasteiger partial charge in [-0.05, 0) is 40.6 Å². The zero-order valence-electron chi connectivity index (χ0n) is 16.8. The van der Waals surface area contributed by atoms with Gasteiger partial charge in [0.1, 0.15) is 11.5 Å². The maximum atomic E-state index is 12.8. The summed E-state index contributed by atoms with van der Waals surface area (Å²) in [5, 5.41) is 13.6. The van der Waals surface area contributed by atoms with E-state index in [2.05, 4.69) is 5.32 Å². The Labute approximate surface area is 174 Å². The molecule has 2 N–H and O–H groups in total. The van der Waals surface area contributed by atoms with Crippen molar-refractivity contribution in [3.05, 3.63) is 71.8 Å². The molecule has 0 radical (unpaired) electrons. The van der Waals surface area contributed by atoms with Crippen LogP contribution in [-0.2, 0) is 16.1 Å². The molecule has 0 spiro atoms. The third kappa shape index (κ3) is 5.07. The molecule has 0 saturated heterocycles. The number of benzene rings is 3. The Hall–Kier alpha value is -3.58. The fourth-order valence-electron chi connectivity index (χ4n) is 3.01. The van der Waals surface area contributed by atoms with Crippen molar-refractivity contribution in [1.29, 1.82) is 0 Å². The van der Waals surface area contributed by atoms with Crippen molar-refractivity contribution in [1.82, 2.24) is 5.32 Å². The third-order valence-electron chi connectivity index (χ3n) is 4.61. The number of carboxylic acids is 1. The number of hydrogen-bond acceptors (Lipinski definition) is 5. The van der Waals surface area contributed by atoms with Crippen molar-refractivity contribution < 1.29 is 28.9 Å². The summed E-state index contributed by atoms with van der Waals surface area (Å²) >= 11 is 0. The van der Waals surface area contributed by atoms with E-state index in [1.165, 1.54) is 7.11 Å². The van der Waals surface area contributed by atoms with Crippen LogP contribution in [0.2, 0.25) is 0 Å². The smallest absolute Gasteiger partial charge is 0.328 e. The van der Waals surface area contributed by atoms with E-state index in [1.54, 1.807) is 25.3 Å².